The van der Waals surface area contributed by atoms with Gasteiger partial charge in [0.05, 0.1) is 11.1 Å². The molecule has 20 heavy (non-hydrogen) atoms. The quantitative estimate of drug-likeness (QED) is 0.731. The monoisotopic (exact) mass is 329 g/mol. The van der Waals surface area contributed by atoms with E-state index in [0.717, 1.165) is 16.6 Å². The number of hydrogen-bond acceptors (Lipinski definition) is 2. The molecule has 0 spiro atoms. The lowest BCUT2D eigenvalue weighted by molar-refractivity contribution is 0.101. The molecule has 4 nitrogen and oxygen atoms in total. The van der Waals surface area contributed by atoms with Crippen molar-refractivity contribution in [3.8, 4) is 0 Å². The van der Waals surface area contributed by atoms with Crippen molar-refractivity contribution in [1.29, 1.82) is 0 Å². The summed E-state index contributed by atoms with van der Waals surface area (Å²) >= 11 is 3.29. The maximum Gasteiger partial charge on any atom is 0.272 e. The zero-order valence-corrected chi connectivity index (χ0v) is 12.4. The number of benzene rings is 1. The maximum absolute atomic E-state index is 12.3. The first-order valence-electron chi connectivity index (χ1n) is 6.16. The fraction of sp³-hybridized carbons (Fsp3) is 0.0667. The van der Waals surface area contributed by atoms with Crippen molar-refractivity contribution >= 4 is 32.7 Å². The molecule has 0 aliphatic heterocycles. The number of pyridine rings is 1. The van der Waals surface area contributed by atoms with Gasteiger partial charge in [-0.25, -0.2) is 4.98 Å². The summed E-state index contributed by atoms with van der Waals surface area (Å²) in [6.07, 6.45) is 1.64. The molecule has 0 radical (unpaired) electrons. The molecule has 1 amide bonds. The summed E-state index contributed by atoms with van der Waals surface area (Å²) in [4.78, 5) is 16.4. The summed E-state index contributed by atoms with van der Waals surface area (Å²) in [5.41, 5.74) is 5.34. The lowest BCUT2D eigenvalue weighted by Crippen LogP contribution is -2.24. The number of aryl methyl sites for hydroxylation is 1. The van der Waals surface area contributed by atoms with E-state index >= 15 is 0 Å². The minimum Gasteiger partial charge on any atom is -0.267 e. The number of para-hydroxylation sites is 1. The van der Waals surface area contributed by atoms with Gasteiger partial charge in [0.25, 0.3) is 5.91 Å². The SMILES string of the molecule is Cc1cc2ccccc2n1NC(=O)c1cccnc1Br. The van der Waals surface area contributed by atoms with E-state index in [4.69, 9.17) is 0 Å². The molecule has 0 unspecified atom stereocenters. The second-order valence-corrected chi connectivity index (χ2v) is 5.21. The van der Waals surface area contributed by atoms with Gasteiger partial charge in [-0.3, -0.25) is 14.9 Å². The first kappa shape index (κ1) is 12.9. The summed E-state index contributed by atoms with van der Waals surface area (Å²) in [5, 5.41) is 1.09. The summed E-state index contributed by atoms with van der Waals surface area (Å²) in [7, 11) is 0. The second-order valence-electron chi connectivity index (χ2n) is 4.46. The molecule has 5 heteroatoms. The fourth-order valence-electron chi connectivity index (χ4n) is 2.16. The smallest absolute Gasteiger partial charge is 0.267 e. The molecule has 3 aromatic rings. The Bertz CT molecular complexity index is 795. The number of rotatable bonds is 2. The Morgan fingerprint density at radius 2 is 2.05 bits per heavy atom. The molecule has 0 saturated heterocycles. The van der Waals surface area contributed by atoms with Crippen LogP contribution in [0.2, 0.25) is 0 Å². The topological polar surface area (TPSA) is 46.9 Å². The highest BCUT2D eigenvalue weighted by Gasteiger charge is 2.13. The largest absolute Gasteiger partial charge is 0.272 e. The highest BCUT2D eigenvalue weighted by atomic mass is 79.9. The minimum absolute atomic E-state index is 0.200. The Hall–Kier alpha value is -2.14. The molecule has 1 N–H and O–H groups in total. The molecule has 2 aromatic heterocycles. The van der Waals surface area contributed by atoms with Crippen LogP contribution in [0.3, 0.4) is 0 Å². The van der Waals surface area contributed by atoms with Crippen LogP contribution in [0.5, 0.6) is 0 Å². The highest BCUT2D eigenvalue weighted by molar-refractivity contribution is 9.10. The average Bonchev–Trinajstić information content (AvgIpc) is 2.76. The molecule has 0 atom stereocenters. The van der Waals surface area contributed by atoms with Gasteiger partial charge in [0.1, 0.15) is 4.60 Å². The van der Waals surface area contributed by atoms with Crippen molar-refractivity contribution in [3.05, 3.63) is 64.5 Å². The molecule has 0 saturated carbocycles. The van der Waals surface area contributed by atoms with Gasteiger partial charge < -0.3 is 0 Å². The van der Waals surface area contributed by atoms with Crippen LogP contribution in [-0.2, 0) is 0 Å². The van der Waals surface area contributed by atoms with Crippen molar-refractivity contribution in [2.24, 2.45) is 0 Å². The lowest BCUT2D eigenvalue weighted by Gasteiger charge is -2.11. The summed E-state index contributed by atoms with van der Waals surface area (Å²) in [6.45, 7) is 1.96. The van der Waals surface area contributed by atoms with E-state index in [1.54, 1.807) is 23.0 Å². The molecule has 1 aromatic carbocycles. The van der Waals surface area contributed by atoms with Crippen molar-refractivity contribution in [1.82, 2.24) is 9.66 Å². The van der Waals surface area contributed by atoms with Crippen molar-refractivity contribution in [2.75, 3.05) is 5.43 Å². The molecule has 3 rings (SSSR count). The summed E-state index contributed by atoms with van der Waals surface area (Å²) in [6, 6.07) is 13.4. The van der Waals surface area contributed by atoms with Gasteiger partial charge in [-0.05, 0) is 47.1 Å². The number of fused-ring (bicyclic) bond motifs is 1. The van der Waals surface area contributed by atoms with Gasteiger partial charge >= 0.3 is 0 Å². The van der Waals surface area contributed by atoms with Crippen LogP contribution in [-0.4, -0.2) is 15.6 Å². The van der Waals surface area contributed by atoms with Crippen LogP contribution in [0.4, 0.5) is 0 Å². The van der Waals surface area contributed by atoms with Gasteiger partial charge in [0.2, 0.25) is 0 Å². The Kier molecular flexibility index (Phi) is 3.28. The van der Waals surface area contributed by atoms with Crippen LogP contribution < -0.4 is 5.43 Å². The normalized spacial score (nSPS) is 10.7. The predicted molar refractivity (Wildman–Crippen MR) is 82.3 cm³/mol. The lowest BCUT2D eigenvalue weighted by atomic mass is 10.2. The zero-order chi connectivity index (χ0) is 14.1. The Balaban J connectivity index is 2.00. The van der Waals surface area contributed by atoms with Crippen LogP contribution in [0, 0.1) is 6.92 Å². The molecular formula is C15H12BrN3O. The first-order valence-corrected chi connectivity index (χ1v) is 6.95. The third-order valence-corrected chi connectivity index (χ3v) is 3.74. The molecule has 100 valence electrons. The van der Waals surface area contributed by atoms with Crippen LogP contribution in [0.1, 0.15) is 16.1 Å². The molecule has 0 bridgehead atoms. The Labute approximate surface area is 124 Å². The minimum atomic E-state index is -0.200. The number of halogens is 1. The number of nitrogens with zero attached hydrogens (tertiary/aromatic N) is 2. The van der Waals surface area contributed by atoms with Gasteiger partial charge in [-0.1, -0.05) is 18.2 Å². The van der Waals surface area contributed by atoms with E-state index in [-0.39, 0.29) is 5.91 Å². The van der Waals surface area contributed by atoms with Crippen molar-refractivity contribution in [2.45, 2.75) is 6.92 Å². The van der Waals surface area contributed by atoms with Gasteiger partial charge in [0, 0.05) is 17.3 Å². The Morgan fingerprint density at radius 3 is 2.85 bits per heavy atom. The molecule has 0 fully saturated rings. The fourth-order valence-corrected chi connectivity index (χ4v) is 2.59. The number of amides is 1. The van der Waals surface area contributed by atoms with Crippen LogP contribution in [0.15, 0.2) is 53.3 Å². The molecule has 0 aliphatic carbocycles. The summed E-state index contributed by atoms with van der Waals surface area (Å²) in [5.74, 6) is -0.200. The van der Waals surface area contributed by atoms with Gasteiger partial charge in [0.15, 0.2) is 0 Å². The zero-order valence-electron chi connectivity index (χ0n) is 10.8. The second kappa shape index (κ2) is 5.09. The predicted octanol–water partition coefficient (Wildman–Crippen LogP) is 3.49. The third-order valence-electron chi connectivity index (χ3n) is 3.11. The van der Waals surface area contributed by atoms with Gasteiger partial charge in [-0.15, -0.1) is 0 Å². The number of carbonyl (C=O) groups is 1. The standard InChI is InChI=1S/C15H12BrN3O/c1-10-9-11-5-2-3-7-13(11)19(10)18-15(20)12-6-4-8-17-14(12)16/h2-9H,1H3,(H,18,20). The first-order chi connectivity index (χ1) is 9.66. The van der Waals surface area contributed by atoms with E-state index in [0.29, 0.717) is 10.2 Å². The van der Waals surface area contributed by atoms with Crippen molar-refractivity contribution < 1.29 is 4.79 Å². The van der Waals surface area contributed by atoms with E-state index < -0.39 is 0 Å². The molecular weight excluding hydrogens is 318 g/mol. The average molecular weight is 330 g/mol. The number of carbonyl (C=O) groups excluding carboxylic acids is 1. The molecule has 2 heterocycles. The van der Waals surface area contributed by atoms with Gasteiger partial charge in [-0.2, -0.15) is 0 Å². The number of hydrogen-bond donors (Lipinski definition) is 1. The van der Waals surface area contributed by atoms with Crippen LogP contribution >= 0.6 is 15.9 Å². The number of aromatic nitrogens is 2. The van der Waals surface area contributed by atoms with Crippen LogP contribution in [0.25, 0.3) is 10.9 Å². The van der Waals surface area contributed by atoms with E-state index in [1.165, 1.54) is 0 Å². The van der Waals surface area contributed by atoms with Crippen molar-refractivity contribution in [3.63, 3.8) is 0 Å². The maximum atomic E-state index is 12.3. The van der Waals surface area contributed by atoms with E-state index in [9.17, 15) is 4.79 Å². The van der Waals surface area contributed by atoms with E-state index in [2.05, 4.69) is 26.3 Å². The highest BCUT2D eigenvalue weighted by Crippen LogP contribution is 2.19. The number of nitrogens with one attached hydrogen (secondary N) is 1. The molecule has 0 aliphatic rings. The Morgan fingerprint density at radius 1 is 1.25 bits per heavy atom. The van der Waals surface area contributed by atoms with E-state index in [1.807, 2.05) is 37.3 Å². The third kappa shape index (κ3) is 2.20. The summed E-state index contributed by atoms with van der Waals surface area (Å²) < 4.78 is 2.32.